The van der Waals surface area contributed by atoms with Gasteiger partial charge in [-0.15, -0.1) is 0 Å². The summed E-state index contributed by atoms with van der Waals surface area (Å²) in [6.45, 7) is 8.69. The van der Waals surface area contributed by atoms with Crippen LogP contribution in [0, 0.1) is 0 Å². The van der Waals surface area contributed by atoms with Gasteiger partial charge >= 0.3 is 0 Å². The third-order valence-corrected chi connectivity index (χ3v) is 3.50. The van der Waals surface area contributed by atoms with Crippen molar-refractivity contribution < 1.29 is 38.0 Å². The number of hydrogen-bond acceptors (Lipinski definition) is 3. The minimum Gasteiger partial charge on any atom is -1.00 e. The van der Waals surface area contributed by atoms with Crippen LogP contribution >= 0.6 is 11.8 Å². The molecule has 1 heterocycles. The summed E-state index contributed by atoms with van der Waals surface area (Å²) in [4.78, 5) is 10.9. The lowest BCUT2D eigenvalue weighted by atomic mass is 10.3. The van der Waals surface area contributed by atoms with Crippen LogP contribution < -0.4 is 24.0 Å². The lowest BCUT2D eigenvalue weighted by Gasteiger charge is -2.39. The van der Waals surface area contributed by atoms with E-state index in [4.69, 9.17) is 4.74 Å². The molecule has 5 heteroatoms. The molecule has 0 N–H and O–H groups in total. The quantitative estimate of drug-likeness (QED) is 0.443. The average molecular weight is 345 g/mol. The lowest BCUT2D eigenvalue weighted by molar-refractivity contribution is -0.916. The maximum atomic E-state index is 10.9. The number of thioether (sulfide) groups is 1. The number of halogens is 1. The van der Waals surface area contributed by atoms with Crippen molar-refractivity contribution in [3.8, 4) is 0 Å². The highest BCUT2D eigenvalue weighted by Gasteiger charge is 2.27. The number of likely N-dealkylation sites (N-methyl/N-ethyl adjacent to an activating group) is 1. The van der Waals surface area contributed by atoms with Gasteiger partial charge < -0.3 is 33.2 Å². The number of hydrogen-bond donors (Lipinski definition) is 0. The number of nitrogens with zero attached hydrogens (tertiary/aromatic N) is 1. The molecule has 1 fully saturated rings. The van der Waals surface area contributed by atoms with Gasteiger partial charge in [-0.3, -0.25) is 4.79 Å². The van der Waals surface area contributed by atoms with Gasteiger partial charge in [0.1, 0.15) is 13.1 Å². The topological polar surface area (TPSA) is 26.3 Å². The van der Waals surface area contributed by atoms with Gasteiger partial charge in [-0.2, -0.15) is 0 Å². The molecule has 1 rings (SSSR count). The van der Waals surface area contributed by atoms with Crippen molar-refractivity contribution in [2.24, 2.45) is 0 Å². The van der Waals surface area contributed by atoms with E-state index in [2.05, 4.69) is 14.0 Å². The second-order valence-corrected chi connectivity index (χ2v) is 5.90. The van der Waals surface area contributed by atoms with E-state index in [1.165, 1.54) is 11.8 Å². The van der Waals surface area contributed by atoms with Gasteiger partial charge in [-0.25, -0.2) is 0 Å². The minimum atomic E-state index is 0. The second-order valence-electron chi connectivity index (χ2n) is 4.28. The summed E-state index contributed by atoms with van der Waals surface area (Å²) in [5.41, 5.74) is 0. The predicted octanol–water partition coefficient (Wildman–Crippen LogP) is -1.86. The molecule has 0 radical (unpaired) electrons. The van der Waals surface area contributed by atoms with Crippen molar-refractivity contribution in [1.82, 2.24) is 0 Å². The fourth-order valence-corrected chi connectivity index (χ4v) is 2.91. The van der Waals surface area contributed by atoms with Crippen LogP contribution in [0.4, 0.5) is 0 Å². The number of quaternary nitrogens is 1. The van der Waals surface area contributed by atoms with E-state index in [1.807, 2.05) is 0 Å². The van der Waals surface area contributed by atoms with Gasteiger partial charge in [-0.1, -0.05) is 11.8 Å². The Kier molecular flexibility index (Phi) is 7.40. The third-order valence-electron chi connectivity index (χ3n) is 2.62. The van der Waals surface area contributed by atoms with Crippen molar-refractivity contribution in [2.45, 2.75) is 19.1 Å². The number of carbonyl (C=O) groups is 1. The molecule has 0 aromatic heterocycles. The highest BCUT2D eigenvalue weighted by molar-refractivity contribution is 8.14. The molecule has 0 aromatic carbocycles. The Bertz CT molecular complexity index is 208. The number of ether oxygens (including phenoxy) is 1. The van der Waals surface area contributed by atoms with Gasteiger partial charge in [0, 0.05) is 6.92 Å². The first kappa shape index (κ1) is 15.7. The maximum Gasteiger partial charge on any atom is 0.186 e. The largest absolute Gasteiger partial charge is 1.00 e. The smallest absolute Gasteiger partial charge is 0.186 e. The summed E-state index contributed by atoms with van der Waals surface area (Å²) >= 11 is 1.45. The molecule has 0 aliphatic carbocycles. The Labute approximate surface area is 114 Å². The van der Waals surface area contributed by atoms with Crippen molar-refractivity contribution in [3.05, 3.63) is 0 Å². The Morgan fingerprint density at radius 2 is 2.00 bits per heavy atom. The highest BCUT2D eigenvalue weighted by Crippen LogP contribution is 2.17. The summed E-state index contributed by atoms with van der Waals surface area (Å²) in [6.07, 6.45) is 0. The summed E-state index contributed by atoms with van der Waals surface area (Å²) in [6, 6.07) is 0. The fraction of sp³-hybridized carbons (Fsp3) is 0.900. The fourth-order valence-electron chi connectivity index (χ4n) is 1.91. The Balaban J connectivity index is 0.00000196. The Morgan fingerprint density at radius 3 is 2.47 bits per heavy atom. The maximum absolute atomic E-state index is 10.9. The van der Waals surface area contributed by atoms with E-state index in [0.717, 1.165) is 37.3 Å². The van der Waals surface area contributed by atoms with Crippen LogP contribution in [-0.4, -0.2) is 54.7 Å². The zero-order valence-electron chi connectivity index (χ0n) is 9.66. The van der Waals surface area contributed by atoms with Gasteiger partial charge in [-0.05, 0) is 6.92 Å². The highest BCUT2D eigenvalue weighted by atomic mass is 127. The van der Waals surface area contributed by atoms with Crippen LogP contribution in [0.1, 0.15) is 13.8 Å². The molecule has 1 aliphatic rings. The van der Waals surface area contributed by atoms with Crippen molar-refractivity contribution >= 4 is 16.9 Å². The molecule has 1 aliphatic heterocycles. The summed E-state index contributed by atoms with van der Waals surface area (Å²) < 4.78 is 6.38. The zero-order valence-corrected chi connectivity index (χ0v) is 12.6. The summed E-state index contributed by atoms with van der Waals surface area (Å²) in [5, 5.41) is 0.632. The van der Waals surface area contributed by atoms with Crippen LogP contribution in [-0.2, 0) is 9.53 Å². The molecule has 90 valence electrons. The monoisotopic (exact) mass is 345 g/mol. The van der Waals surface area contributed by atoms with E-state index < -0.39 is 0 Å². The zero-order chi connectivity index (χ0) is 10.6. The number of carbonyl (C=O) groups excluding carboxylic acids is 1. The van der Waals surface area contributed by atoms with Crippen LogP contribution in [0.25, 0.3) is 0 Å². The molecular formula is C10H20INO2S. The van der Waals surface area contributed by atoms with Crippen molar-refractivity contribution in [2.75, 3.05) is 39.9 Å². The van der Waals surface area contributed by atoms with E-state index in [-0.39, 0.29) is 29.1 Å². The molecule has 0 amide bonds. The molecule has 1 unspecified atom stereocenters. The third kappa shape index (κ3) is 6.09. The molecule has 0 aromatic rings. The molecule has 0 spiro atoms. The number of morpholine rings is 1. The standard InChI is InChI=1S/C10H20NO2S.HI/c1-9(14-10(2)12)8-11(3)4-6-13-7-5-11;/h9H,4-8H2,1-3H3;1H/q+1;/p-1. The Morgan fingerprint density at radius 1 is 1.47 bits per heavy atom. The molecule has 1 atom stereocenters. The number of rotatable bonds is 3. The van der Waals surface area contributed by atoms with Crippen LogP contribution in [0.2, 0.25) is 0 Å². The molecule has 15 heavy (non-hydrogen) atoms. The first-order valence-corrected chi connectivity index (χ1v) is 5.98. The van der Waals surface area contributed by atoms with Gasteiger partial charge in [0.05, 0.1) is 32.1 Å². The first-order valence-electron chi connectivity index (χ1n) is 5.10. The average Bonchev–Trinajstić information content (AvgIpc) is 2.02. The van der Waals surface area contributed by atoms with Crippen molar-refractivity contribution in [1.29, 1.82) is 0 Å². The second kappa shape index (κ2) is 7.09. The SMILES string of the molecule is CC(=O)SC(C)C[N+]1(C)CCOCC1.[I-]. The molecule has 0 saturated carbocycles. The van der Waals surface area contributed by atoms with Gasteiger partial charge in [0.2, 0.25) is 0 Å². The van der Waals surface area contributed by atoms with Crippen LogP contribution in [0.5, 0.6) is 0 Å². The van der Waals surface area contributed by atoms with E-state index in [0.29, 0.717) is 5.25 Å². The summed E-state index contributed by atoms with van der Waals surface area (Å²) in [5.74, 6) is 0. The van der Waals surface area contributed by atoms with Crippen LogP contribution in [0.3, 0.4) is 0 Å². The minimum absolute atomic E-state index is 0. The first-order chi connectivity index (χ1) is 6.52. The molecule has 1 saturated heterocycles. The van der Waals surface area contributed by atoms with Crippen LogP contribution in [0.15, 0.2) is 0 Å². The van der Waals surface area contributed by atoms with Gasteiger partial charge in [0.15, 0.2) is 5.12 Å². The molecular weight excluding hydrogens is 325 g/mol. The molecule has 0 bridgehead atoms. The predicted molar refractivity (Wildman–Crippen MR) is 59.3 cm³/mol. The summed E-state index contributed by atoms with van der Waals surface area (Å²) in [7, 11) is 2.25. The molecule has 3 nitrogen and oxygen atoms in total. The Hall–Kier alpha value is 0.670. The van der Waals surface area contributed by atoms with E-state index >= 15 is 0 Å². The van der Waals surface area contributed by atoms with Crippen molar-refractivity contribution in [3.63, 3.8) is 0 Å². The van der Waals surface area contributed by atoms with E-state index in [9.17, 15) is 4.79 Å². The normalized spacial score (nSPS) is 21.5. The van der Waals surface area contributed by atoms with E-state index in [1.54, 1.807) is 6.92 Å². The van der Waals surface area contributed by atoms with Gasteiger partial charge in [0.25, 0.3) is 0 Å². The lowest BCUT2D eigenvalue weighted by Crippen LogP contribution is -3.00.